The van der Waals surface area contributed by atoms with Crippen LogP contribution in [0.15, 0.2) is 24.3 Å². The molecule has 102 valence electrons. The van der Waals surface area contributed by atoms with Gasteiger partial charge in [0.15, 0.2) is 6.10 Å². The molecule has 5 nitrogen and oxygen atoms in total. The number of likely N-dealkylation sites (tertiary alicyclic amines) is 1. The standard InChI is InChI=1S/C14H17NO4/c1-9-4-6-10(7-5-9)13(17)15-8-2-3-11(15)12(16)14(18)19/h4-7,11-12,16H,2-3,8H2,1H3,(H,18,19)/t11-,12+/m0/s1. The summed E-state index contributed by atoms with van der Waals surface area (Å²) in [6, 6.07) is 6.49. The highest BCUT2D eigenvalue weighted by Gasteiger charge is 2.37. The number of hydrogen-bond acceptors (Lipinski definition) is 3. The van der Waals surface area contributed by atoms with E-state index >= 15 is 0 Å². The molecule has 0 aromatic heterocycles. The van der Waals surface area contributed by atoms with Gasteiger partial charge < -0.3 is 15.1 Å². The molecule has 2 rings (SSSR count). The van der Waals surface area contributed by atoms with Crippen LogP contribution in [0.25, 0.3) is 0 Å². The van der Waals surface area contributed by atoms with Gasteiger partial charge in [-0.3, -0.25) is 4.79 Å². The Morgan fingerprint density at radius 3 is 2.53 bits per heavy atom. The van der Waals surface area contributed by atoms with Gasteiger partial charge in [0, 0.05) is 12.1 Å². The molecule has 0 bridgehead atoms. The molecule has 0 spiro atoms. The number of carbonyl (C=O) groups is 2. The summed E-state index contributed by atoms with van der Waals surface area (Å²) in [4.78, 5) is 24.6. The van der Waals surface area contributed by atoms with E-state index < -0.39 is 18.1 Å². The third kappa shape index (κ3) is 2.76. The van der Waals surface area contributed by atoms with E-state index in [1.807, 2.05) is 19.1 Å². The molecule has 0 radical (unpaired) electrons. The third-order valence-corrected chi connectivity index (χ3v) is 3.48. The van der Waals surface area contributed by atoms with E-state index in [0.29, 0.717) is 24.9 Å². The number of aliphatic carboxylic acids is 1. The van der Waals surface area contributed by atoms with Crippen molar-refractivity contribution in [3.05, 3.63) is 35.4 Å². The lowest BCUT2D eigenvalue weighted by molar-refractivity contribution is -0.149. The van der Waals surface area contributed by atoms with Gasteiger partial charge in [-0.15, -0.1) is 0 Å². The van der Waals surface area contributed by atoms with Gasteiger partial charge >= 0.3 is 5.97 Å². The van der Waals surface area contributed by atoms with Crippen LogP contribution in [0.3, 0.4) is 0 Å². The van der Waals surface area contributed by atoms with Crippen molar-refractivity contribution in [2.24, 2.45) is 0 Å². The molecule has 19 heavy (non-hydrogen) atoms. The van der Waals surface area contributed by atoms with Crippen molar-refractivity contribution in [2.75, 3.05) is 6.54 Å². The minimum atomic E-state index is -1.52. The first kappa shape index (κ1) is 13.5. The molecule has 2 atom stereocenters. The fraction of sp³-hybridized carbons (Fsp3) is 0.429. The summed E-state index contributed by atoms with van der Waals surface area (Å²) in [5, 5.41) is 18.5. The molecule has 1 aromatic rings. The van der Waals surface area contributed by atoms with E-state index in [1.165, 1.54) is 4.90 Å². The number of nitrogens with zero attached hydrogens (tertiary/aromatic N) is 1. The fourth-order valence-corrected chi connectivity index (χ4v) is 2.40. The van der Waals surface area contributed by atoms with E-state index in [9.17, 15) is 14.7 Å². The topological polar surface area (TPSA) is 77.8 Å². The average Bonchev–Trinajstić information content (AvgIpc) is 2.86. The van der Waals surface area contributed by atoms with Crippen LogP contribution in [-0.4, -0.2) is 45.7 Å². The maximum Gasteiger partial charge on any atom is 0.334 e. The van der Waals surface area contributed by atoms with E-state index in [2.05, 4.69) is 0 Å². The lowest BCUT2D eigenvalue weighted by atomic mass is 10.1. The SMILES string of the molecule is Cc1ccc(C(=O)N2CCC[C@H]2[C@@H](O)C(=O)O)cc1. The van der Waals surface area contributed by atoms with E-state index in [4.69, 9.17) is 5.11 Å². The van der Waals surface area contributed by atoms with Gasteiger partial charge in [0.2, 0.25) is 0 Å². The van der Waals surface area contributed by atoms with Gasteiger partial charge in [-0.2, -0.15) is 0 Å². The quantitative estimate of drug-likeness (QED) is 0.854. The molecule has 0 saturated carbocycles. The molecule has 1 heterocycles. The second-order valence-electron chi connectivity index (χ2n) is 4.86. The second kappa shape index (κ2) is 5.40. The maximum atomic E-state index is 12.3. The highest BCUT2D eigenvalue weighted by Crippen LogP contribution is 2.23. The summed E-state index contributed by atoms with van der Waals surface area (Å²) in [7, 11) is 0. The van der Waals surface area contributed by atoms with Gasteiger partial charge in [-0.25, -0.2) is 4.79 Å². The summed E-state index contributed by atoms with van der Waals surface area (Å²) in [5.41, 5.74) is 1.58. The van der Waals surface area contributed by atoms with Gasteiger partial charge in [-0.1, -0.05) is 17.7 Å². The number of rotatable bonds is 3. The average molecular weight is 263 g/mol. The Kier molecular flexibility index (Phi) is 3.85. The van der Waals surface area contributed by atoms with E-state index in [-0.39, 0.29) is 5.91 Å². The highest BCUT2D eigenvalue weighted by atomic mass is 16.4. The van der Waals surface area contributed by atoms with Crippen molar-refractivity contribution >= 4 is 11.9 Å². The molecule has 0 unspecified atom stereocenters. The number of aliphatic hydroxyl groups is 1. The maximum absolute atomic E-state index is 12.3. The molecular weight excluding hydrogens is 246 g/mol. The summed E-state index contributed by atoms with van der Waals surface area (Å²) >= 11 is 0. The predicted molar refractivity (Wildman–Crippen MR) is 68.9 cm³/mol. The lowest BCUT2D eigenvalue weighted by Gasteiger charge is -2.26. The molecule has 1 amide bonds. The van der Waals surface area contributed by atoms with Crippen molar-refractivity contribution in [3.8, 4) is 0 Å². The summed E-state index contributed by atoms with van der Waals surface area (Å²) in [6.45, 7) is 2.42. The zero-order valence-electron chi connectivity index (χ0n) is 10.7. The lowest BCUT2D eigenvalue weighted by Crippen LogP contribution is -2.46. The van der Waals surface area contributed by atoms with Gasteiger partial charge in [0.05, 0.1) is 6.04 Å². The first-order valence-electron chi connectivity index (χ1n) is 6.29. The Hall–Kier alpha value is -1.88. The Balaban J connectivity index is 2.18. The first-order chi connectivity index (χ1) is 9.00. The zero-order chi connectivity index (χ0) is 14.0. The fourth-order valence-electron chi connectivity index (χ4n) is 2.40. The molecule has 1 fully saturated rings. The van der Waals surface area contributed by atoms with Crippen LogP contribution in [0.5, 0.6) is 0 Å². The Bertz CT molecular complexity index is 483. The van der Waals surface area contributed by atoms with Gasteiger partial charge in [0.25, 0.3) is 5.91 Å². The van der Waals surface area contributed by atoms with Gasteiger partial charge in [0.1, 0.15) is 0 Å². The van der Waals surface area contributed by atoms with Crippen molar-refractivity contribution in [1.82, 2.24) is 4.90 Å². The van der Waals surface area contributed by atoms with Crippen molar-refractivity contribution in [2.45, 2.75) is 31.9 Å². The van der Waals surface area contributed by atoms with E-state index in [0.717, 1.165) is 5.56 Å². The summed E-state index contributed by atoms with van der Waals surface area (Å²) in [5.74, 6) is -1.50. The smallest absolute Gasteiger partial charge is 0.334 e. The van der Waals surface area contributed by atoms with Crippen LogP contribution in [0.4, 0.5) is 0 Å². The van der Waals surface area contributed by atoms with Crippen LogP contribution < -0.4 is 0 Å². The van der Waals surface area contributed by atoms with Crippen LogP contribution in [0.1, 0.15) is 28.8 Å². The Morgan fingerprint density at radius 1 is 1.32 bits per heavy atom. The number of benzene rings is 1. The number of carboxylic acid groups (broad SMARTS) is 1. The number of amides is 1. The number of carbonyl (C=O) groups excluding carboxylic acids is 1. The Morgan fingerprint density at radius 2 is 1.95 bits per heavy atom. The predicted octanol–water partition coefficient (Wildman–Crippen LogP) is 1.05. The van der Waals surface area contributed by atoms with Crippen LogP contribution in [-0.2, 0) is 4.79 Å². The van der Waals surface area contributed by atoms with Crippen LogP contribution >= 0.6 is 0 Å². The molecule has 1 saturated heterocycles. The van der Waals surface area contributed by atoms with Crippen LogP contribution in [0.2, 0.25) is 0 Å². The van der Waals surface area contributed by atoms with Crippen molar-refractivity contribution < 1.29 is 19.8 Å². The number of aryl methyl sites for hydroxylation is 1. The first-order valence-corrected chi connectivity index (χ1v) is 6.29. The second-order valence-corrected chi connectivity index (χ2v) is 4.86. The number of hydrogen-bond donors (Lipinski definition) is 2. The largest absolute Gasteiger partial charge is 0.479 e. The third-order valence-electron chi connectivity index (χ3n) is 3.48. The normalized spacial score (nSPS) is 20.3. The van der Waals surface area contributed by atoms with Crippen LogP contribution in [0, 0.1) is 6.92 Å². The van der Waals surface area contributed by atoms with Crippen molar-refractivity contribution in [1.29, 1.82) is 0 Å². The zero-order valence-corrected chi connectivity index (χ0v) is 10.7. The molecule has 2 N–H and O–H groups in total. The molecule has 1 aliphatic rings. The minimum absolute atomic E-state index is 0.220. The molecular formula is C14H17NO4. The molecule has 0 aliphatic carbocycles. The molecule has 1 aliphatic heterocycles. The summed E-state index contributed by atoms with van der Waals surface area (Å²) in [6.07, 6.45) is -0.283. The number of aliphatic hydroxyl groups excluding tert-OH is 1. The van der Waals surface area contributed by atoms with Gasteiger partial charge in [-0.05, 0) is 31.9 Å². The van der Waals surface area contributed by atoms with E-state index in [1.54, 1.807) is 12.1 Å². The number of carboxylic acids is 1. The molecule has 5 heteroatoms. The molecule has 1 aromatic carbocycles. The summed E-state index contributed by atoms with van der Waals surface area (Å²) < 4.78 is 0. The van der Waals surface area contributed by atoms with Crippen molar-refractivity contribution in [3.63, 3.8) is 0 Å². The minimum Gasteiger partial charge on any atom is -0.479 e. The highest BCUT2D eigenvalue weighted by molar-refractivity contribution is 5.95. The monoisotopic (exact) mass is 263 g/mol. The Labute approximate surface area is 111 Å².